The number of pyridine rings is 1. The molecule has 7 nitrogen and oxygen atoms in total. The maximum atomic E-state index is 12.2. The summed E-state index contributed by atoms with van der Waals surface area (Å²) in [4.78, 5) is 30.0. The van der Waals surface area contributed by atoms with Crippen molar-refractivity contribution in [3.8, 4) is 6.07 Å². The van der Waals surface area contributed by atoms with Crippen LogP contribution in [-0.4, -0.2) is 53.4 Å². The lowest BCUT2D eigenvalue weighted by Gasteiger charge is -2.31. The number of rotatable bonds is 5. The molecule has 0 radical (unpaired) electrons. The number of hydrogen-bond acceptors (Lipinski definition) is 5. The first-order valence-corrected chi connectivity index (χ1v) is 8.33. The molecule has 24 heavy (non-hydrogen) atoms. The number of carbonyl (C=O) groups excluding carboxylic acids is 2. The third-order valence-corrected chi connectivity index (χ3v) is 4.37. The minimum atomic E-state index is -0.170. The Balaban J connectivity index is 1.41. The molecule has 0 atom stereocenters. The van der Waals surface area contributed by atoms with E-state index in [1.165, 1.54) is 12.3 Å². The van der Waals surface area contributed by atoms with Crippen LogP contribution in [0.1, 0.15) is 41.7 Å². The predicted octanol–water partition coefficient (Wildman–Crippen LogP) is 0.426. The monoisotopic (exact) mass is 327 g/mol. The second kappa shape index (κ2) is 7.41. The van der Waals surface area contributed by atoms with Gasteiger partial charge in [-0.3, -0.25) is 14.5 Å². The number of nitrogens with one attached hydrogen (secondary N) is 2. The largest absolute Gasteiger partial charge is 0.352 e. The van der Waals surface area contributed by atoms with Crippen molar-refractivity contribution in [3.63, 3.8) is 0 Å². The van der Waals surface area contributed by atoms with Gasteiger partial charge in [-0.2, -0.15) is 5.26 Å². The Morgan fingerprint density at radius 1 is 1.17 bits per heavy atom. The summed E-state index contributed by atoms with van der Waals surface area (Å²) in [5, 5.41) is 14.7. The topological polar surface area (TPSA) is 98.1 Å². The van der Waals surface area contributed by atoms with E-state index in [9.17, 15) is 9.59 Å². The summed E-state index contributed by atoms with van der Waals surface area (Å²) in [6.45, 7) is 2.04. The molecule has 0 aromatic carbocycles. The maximum absolute atomic E-state index is 12.2. The molecule has 1 aliphatic carbocycles. The number of amides is 2. The quantitative estimate of drug-likeness (QED) is 0.817. The van der Waals surface area contributed by atoms with E-state index in [0.29, 0.717) is 23.8 Å². The van der Waals surface area contributed by atoms with E-state index in [4.69, 9.17) is 5.26 Å². The molecule has 2 heterocycles. The molecule has 0 unspecified atom stereocenters. The molecule has 1 aromatic rings. The van der Waals surface area contributed by atoms with E-state index in [2.05, 4.69) is 20.5 Å². The van der Waals surface area contributed by atoms with E-state index in [0.717, 1.165) is 38.8 Å². The van der Waals surface area contributed by atoms with Crippen molar-refractivity contribution >= 4 is 11.8 Å². The third kappa shape index (κ3) is 4.52. The van der Waals surface area contributed by atoms with Gasteiger partial charge in [0, 0.05) is 31.4 Å². The number of carbonyl (C=O) groups is 2. The van der Waals surface area contributed by atoms with E-state index >= 15 is 0 Å². The normalized spacial score (nSPS) is 18.6. The fourth-order valence-corrected chi connectivity index (χ4v) is 2.80. The van der Waals surface area contributed by atoms with Gasteiger partial charge in [-0.1, -0.05) is 0 Å². The minimum absolute atomic E-state index is 0.101. The Morgan fingerprint density at radius 3 is 2.46 bits per heavy atom. The molecule has 1 saturated heterocycles. The van der Waals surface area contributed by atoms with Crippen LogP contribution in [0, 0.1) is 11.3 Å². The molecular formula is C17H21N5O2. The summed E-state index contributed by atoms with van der Waals surface area (Å²) in [5.41, 5.74) is 0.754. The Bertz CT molecular complexity index is 640. The number of aromatic nitrogens is 1. The fourth-order valence-electron chi connectivity index (χ4n) is 2.80. The van der Waals surface area contributed by atoms with Crippen molar-refractivity contribution in [3.05, 3.63) is 29.6 Å². The first-order chi connectivity index (χ1) is 11.6. The van der Waals surface area contributed by atoms with Crippen molar-refractivity contribution in [2.45, 2.75) is 37.8 Å². The Kier molecular flexibility index (Phi) is 5.06. The number of nitriles is 1. The van der Waals surface area contributed by atoms with Crippen LogP contribution in [0.4, 0.5) is 0 Å². The summed E-state index contributed by atoms with van der Waals surface area (Å²) in [6, 6.07) is 5.58. The Labute approximate surface area is 141 Å². The van der Waals surface area contributed by atoms with E-state index in [1.54, 1.807) is 6.07 Å². The summed E-state index contributed by atoms with van der Waals surface area (Å²) < 4.78 is 0. The fraction of sp³-hybridized carbons (Fsp3) is 0.529. The van der Waals surface area contributed by atoms with Gasteiger partial charge >= 0.3 is 0 Å². The molecule has 1 aromatic heterocycles. The number of piperidine rings is 1. The molecule has 2 N–H and O–H groups in total. The molecule has 0 bridgehead atoms. The minimum Gasteiger partial charge on any atom is -0.352 e. The zero-order chi connectivity index (χ0) is 16.9. The smallest absolute Gasteiger partial charge is 0.253 e. The lowest BCUT2D eigenvalue weighted by atomic mass is 10.0. The number of nitrogens with zero attached hydrogens (tertiary/aromatic N) is 3. The standard InChI is InChI=1S/C17H21N5O2/c18-9-15-2-1-12(10-19-15)17(24)21-14-5-7-22(8-6-14)11-16(23)20-13-3-4-13/h1-2,10,13-14H,3-8,11H2,(H,20,23)(H,21,24). The van der Waals surface area contributed by atoms with Gasteiger partial charge in [-0.15, -0.1) is 0 Å². The van der Waals surface area contributed by atoms with Gasteiger partial charge < -0.3 is 10.6 Å². The molecule has 2 aliphatic rings. The summed E-state index contributed by atoms with van der Waals surface area (Å²) in [6.07, 6.45) is 5.28. The first kappa shape index (κ1) is 16.4. The van der Waals surface area contributed by atoms with E-state index in [-0.39, 0.29) is 17.9 Å². The van der Waals surface area contributed by atoms with Crippen molar-refractivity contribution in [2.24, 2.45) is 0 Å². The average Bonchev–Trinajstić information content (AvgIpc) is 3.40. The number of hydrogen-bond donors (Lipinski definition) is 2. The second-order valence-corrected chi connectivity index (χ2v) is 6.41. The highest BCUT2D eigenvalue weighted by Crippen LogP contribution is 2.18. The highest BCUT2D eigenvalue weighted by Gasteiger charge is 2.26. The Morgan fingerprint density at radius 2 is 1.88 bits per heavy atom. The molecule has 3 rings (SSSR count). The molecule has 2 fully saturated rings. The zero-order valence-corrected chi connectivity index (χ0v) is 13.5. The van der Waals surface area contributed by atoms with Gasteiger partial charge in [0.25, 0.3) is 5.91 Å². The number of likely N-dealkylation sites (tertiary alicyclic amines) is 1. The van der Waals surface area contributed by atoms with Gasteiger partial charge in [-0.25, -0.2) is 4.98 Å². The SMILES string of the molecule is N#Cc1ccc(C(=O)NC2CCN(CC(=O)NC3CC3)CC2)cn1. The van der Waals surface area contributed by atoms with Crippen LogP contribution in [0.3, 0.4) is 0 Å². The van der Waals surface area contributed by atoms with Crippen molar-refractivity contribution < 1.29 is 9.59 Å². The molecule has 2 amide bonds. The molecular weight excluding hydrogens is 306 g/mol. The zero-order valence-electron chi connectivity index (χ0n) is 13.5. The van der Waals surface area contributed by atoms with Crippen molar-refractivity contribution in [2.75, 3.05) is 19.6 Å². The van der Waals surface area contributed by atoms with Gasteiger partial charge in [0.15, 0.2) is 0 Å². The van der Waals surface area contributed by atoms with Crippen LogP contribution in [-0.2, 0) is 4.79 Å². The lowest BCUT2D eigenvalue weighted by Crippen LogP contribution is -2.47. The van der Waals surface area contributed by atoms with Crippen molar-refractivity contribution in [1.29, 1.82) is 5.26 Å². The predicted molar refractivity (Wildman–Crippen MR) is 87.0 cm³/mol. The van der Waals surface area contributed by atoms with E-state index in [1.807, 2.05) is 6.07 Å². The van der Waals surface area contributed by atoms with E-state index < -0.39 is 0 Å². The maximum Gasteiger partial charge on any atom is 0.253 e. The lowest BCUT2D eigenvalue weighted by molar-refractivity contribution is -0.122. The summed E-state index contributed by atoms with van der Waals surface area (Å²) in [5.74, 6) is -0.0689. The van der Waals surface area contributed by atoms with Crippen LogP contribution in [0.5, 0.6) is 0 Å². The molecule has 0 spiro atoms. The first-order valence-electron chi connectivity index (χ1n) is 8.33. The van der Waals surface area contributed by atoms with Gasteiger partial charge in [0.05, 0.1) is 12.1 Å². The molecule has 1 saturated carbocycles. The van der Waals surface area contributed by atoms with Crippen LogP contribution in [0.25, 0.3) is 0 Å². The highest BCUT2D eigenvalue weighted by atomic mass is 16.2. The van der Waals surface area contributed by atoms with Gasteiger partial charge in [0.2, 0.25) is 5.91 Å². The summed E-state index contributed by atoms with van der Waals surface area (Å²) >= 11 is 0. The summed E-state index contributed by atoms with van der Waals surface area (Å²) in [7, 11) is 0. The van der Waals surface area contributed by atoms with Crippen molar-refractivity contribution in [1.82, 2.24) is 20.5 Å². The Hall–Kier alpha value is -2.46. The highest BCUT2D eigenvalue weighted by molar-refractivity contribution is 5.94. The molecule has 126 valence electrons. The third-order valence-electron chi connectivity index (χ3n) is 4.37. The molecule has 7 heteroatoms. The van der Waals surface area contributed by atoms with Crippen LogP contribution in [0.15, 0.2) is 18.3 Å². The second-order valence-electron chi connectivity index (χ2n) is 6.41. The van der Waals surface area contributed by atoms with Crippen LogP contribution < -0.4 is 10.6 Å². The average molecular weight is 327 g/mol. The van der Waals surface area contributed by atoms with Gasteiger partial charge in [-0.05, 0) is 37.8 Å². The van der Waals surface area contributed by atoms with Crippen LogP contribution in [0.2, 0.25) is 0 Å². The van der Waals surface area contributed by atoms with Crippen LogP contribution >= 0.6 is 0 Å². The molecule has 1 aliphatic heterocycles. The van der Waals surface area contributed by atoms with Gasteiger partial charge in [0.1, 0.15) is 11.8 Å².